The number of ether oxygens (including phenoxy) is 2. The lowest BCUT2D eigenvalue weighted by molar-refractivity contribution is -0.166. The third-order valence-corrected chi connectivity index (χ3v) is 4.18. The molecule has 118 valence electrons. The van der Waals surface area contributed by atoms with Gasteiger partial charge in [-0.25, -0.2) is 0 Å². The summed E-state index contributed by atoms with van der Waals surface area (Å²) in [5.41, 5.74) is 0.989. The molecule has 4 nitrogen and oxygen atoms in total. The molecular weight excluding hydrogens is 280 g/mol. The number of rotatable bonds is 5. The molecule has 0 amide bonds. The van der Waals surface area contributed by atoms with Crippen LogP contribution in [0, 0.1) is 5.92 Å². The van der Waals surface area contributed by atoms with E-state index in [2.05, 4.69) is 6.58 Å². The highest BCUT2D eigenvalue weighted by molar-refractivity contribution is 6.08. The molecule has 0 fully saturated rings. The van der Waals surface area contributed by atoms with Gasteiger partial charge in [-0.05, 0) is 38.3 Å². The Labute approximate surface area is 131 Å². The van der Waals surface area contributed by atoms with E-state index in [1.54, 1.807) is 13.8 Å². The zero-order valence-corrected chi connectivity index (χ0v) is 13.3. The molecule has 0 N–H and O–H groups in total. The fraction of sp³-hybridized carbons (Fsp3) is 0.444. The molecule has 0 spiro atoms. The van der Waals surface area contributed by atoms with Crippen LogP contribution in [0.25, 0.3) is 0 Å². The molecule has 22 heavy (non-hydrogen) atoms. The van der Waals surface area contributed by atoms with Crippen molar-refractivity contribution < 1.29 is 19.1 Å². The Kier molecular flexibility index (Phi) is 4.69. The number of benzene rings is 1. The molecule has 1 aliphatic carbocycles. The van der Waals surface area contributed by atoms with Crippen LogP contribution in [0.3, 0.4) is 0 Å². The van der Waals surface area contributed by atoms with E-state index in [1.165, 1.54) is 0 Å². The van der Waals surface area contributed by atoms with Crippen molar-refractivity contribution in [3.05, 3.63) is 47.5 Å². The highest BCUT2D eigenvalue weighted by Gasteiger charge is 2.60. The number of carbonyl (C=O) groups is 2. The zero-order chi connectivity index (χ0) is 16.3. The second kappa shape index (κ2) is 6.34. The second-order valence-corrected chi connectivity index (χ2v) is 5.51. The third kappa shape index (κ3) is 2.32. The van der Waals surface area contributed by atoms with Gasteiger partial charge in [0.05, 0.1) is 13.2 Å². The molecule has 0 bridgehead atoms. The van der Waals surface area contributed by atoms with Crippen molar-refractivity contribution in [2.75, 3.05) is 13.2 Å². The average Bonchev–Trinajstić information content (AvgIpc) is 2.84. The van der Waals surface area contributed by atoms with Gasteiger partial charge in [0.2, 0.25) is 0 Å². The van der Waals surface area contributed by atoms with Crippen LogP contribution >= 0.6 is 0 Å². The standard InChI is InChI=1S/C18H22O4/c1-5-21-16(19)18(17(20)22-6-2)14-10-8-7-9-13(14)11-15(18)12(3)4/h7-10,15H,3,5-6,11H2,1-2,4H3. The summed E-state index contributed by atoms with van der Waals surface area (Å²) < 4.78 is 10.5. The van der Waals surface area contributed by atoms with Crippen molar-refractivity contribution in [1.29, 1.82) is 0 Å². The van der Waals surface area contributed by atoms with Crippen molar-refractivity contribution in [1.82, 2.24) is 0 Å². The molecule has 1 aromatic carbocycles. The van der Waals surface area contributed by atoms with Crippen LogP contribution in [0.2, 0.25) is 0 Å². The summed E-state index contributed by atoms with van der Waals surface area (Å²) in [4.78, 5) is 25.6. The zero-order valence-electron chi connectivity index (χ0n) is 13.3. The van der Waals surface area contributed by atoms with Gasteiger partial charge < -0.3 is 9.47 Å². The summed E-state index contributed by atoms with van der Waals surface area (Å²) in [7, 11) is 0. The Morgan fingerprint density at radius 3 is 2.23 bits per heavy atom. The summed E-state index contributed by atoms with van der Waals surface area (Å²) in [6.45, 7) is 9.71. The van der Waals surface area contributed by atoms with E-state index in [4.69, 9.17) is 9.47 Å². The van der Waals surface area contributed by atoms with Crippen LogP contribution in [0.5, 0.6) is 0 Å². The van der Waals surface area contributed by atoms with E-state index in [9.17, 15) is 9.59 Å². The number of allylic oxidation sites excluding steroid dienone is 1. The monoisotopic (exact) mass is 302 g/mol. The molecule has 1 aromatic rings. The second-order valence-electron chi connectivity index (χ2n) is 5.51. The first-order valence-corrected chi connectivity index (χ1v) is 7.58. The van der Waals surface area contributed by atoms with E-state index in [-0.39, 0.29) is 19.1 Å². The van der Waals surface area contributed by atoms with Crippen LogP contribution in [0.15, 0.2) is 36.4 Å². The molecule has 1 aliphatic rings. The Hall–Kier alpha value is -2.10. The first-order chi connectivity index (χ1) is 10.5. The molecule has 0 heterocycles. The minimum absolute atomic E-state index is 0.213. The Morgan fingerprint density at radius 2 is 1.73 bits per heavy atom. The molecule has 4 heteroatoms. The fourth-order valence-corrected chi connectivity index (χ4v) is 3.27. The summed E-state index contributed by atoms with van der Waals surface area (Å²) in [6, 6.07) is 7.48. The third-order valence-electron chi connectivity index (χ3n) is 4.18. The van der Waals surface area contributed by atoms with Gasteiger partial charge >= 0.3 is 11.9 Å². The Bertz CT molecular complexity index is 585. The summed E-state index contributed by atoms with van der Waals surface area (Å²) in [5.74, 6) is -1.44. The number of esters is 2. The molecule has 0 saturated heterocycles. The highest BCUT2D eigenvalue weighted by Crippen LogP contribution is 2.48. The van der Waals surface area contributed by atoms with E-state index < -0.39 is 17.4 Å². The van der Waals surface area contributed by atoms with Gasteiger partial charge in [-0.15, -0.1) is 0 Å². The van der Waals surface area contributed by atoms with Gasteiger partial charge in [0, 0.05) is 5.92 Å². The normalized spacial score (nSPS) is 18.4. The maximum atomic E-state index is 12.8. The van der Waals surface area contributed by atoms with Gasteiger partial charge in [-0.3, -0.25) is 9.59 Å². The van der Waals surface area contributed by atoms with E-state index in [0.29, 0.717) is 12.0 Å². The van der Waals surface area contributed by atoms with Crippen molar-refractivity contribution in [3.63, 3.8) is 0 Å². The summed E-state index contributed by atoms with van der Waals surface area (Å²) >= 11 is 0. The minimum Gasteiger partial charge on any atom is -0.465 e. The van der Waals surface area contributed by atoms with E-state index in [0.717, 1.165) is 11.1 Å². The molecule has 0 aliphatic heterocycles. The Morgan fingerprint density at radius 1 is 1.18 bits per heavy atom. The molecule has 2 rings (SSSR count). The SMILES string of the molecule is C=C(C)C1Cc2ccccc2C1(C(=O)OCC)C(=O)OCC. The Balaban J connectivity index is 2.68. The molecule has 1 atom stereocenters. The number of carbonyl (C=O) groups excluding carboxylic acids is 2. The van der Waals surface area contributed by atoms with Crippen molar-refractivity contribution >= 4 is 11.9 Å². The number of hydrogen-bond donors (Lipinski definition) is 0. The van der Waals surface area contributed by atoms with E-state index in [1.807, 2.05) is 31.2 Å². The highest BCUT2D eigenvalue weighted by atomic mass is 16.6. The van der Waals surface area contributed by atoms with Crippen LogP contribution in [-0.4, -0.2) is 25.2 Å². The lowest BCUT2D eigenvalue weighted by Gasteiger charge is -2.32. The number of fused-ring (bicyclic) bond motifs is 1. The lowest BCUT2D eigenvalue weighted by atomic mass is 9.72. The average molecular weight is 302 g/mol. The van der Waals surface area contributed by atoms with Gasteiger partial charge in [-0.2, -0.15) is 0 Å². The summed E-state index contributed by atoms with van der Waals surface area (Å²) in [5, 5.41) is 0. The maximum Gasteiger partial charge on any atom is 0.328 e. The van der Waals surface area contributed by atoms with Crippen molar-refractivity contribution in [2.24, 2.45) is 5.92 Å². The predicted octanol–water partition coefficient (Wildman–Crippen LogP) is 2.80. The van der Waals surface area contributed by atoms with Gasteiger partial charge in [0.25, 0.3) is 0 Å². The topological polar surface area (TPSA) is 52.6 Å². The number of hydrogen-bond acceptors (Lipinski definition) is 4. The first-order valence-electron chi connectivity index (χ1n) is 7.58. The maximum absolute atomic E-state index is 12.8. The van der Waals surface area contributed by atoms with Crippen LogP contribution < -0.4 is 0 Å². The quantitative estimate of drug-likeness (QED) is 0.477. The lowest BCUT2D eigenvalue weighted by Crippen LogP contribution is -2.50. The first kappa shape index (κ1) is 16.3. The largest absolute Gasteiger partial charge is 0.465 e. The van der Waals surface area contributed by atoms with Gasteiger partial charge in [0.1, 0.15) is 0 Å². The molecule has 0 radical (unpaired) electrons. The molecule has 0 aromatic heterocycles. The molecule has 0 saturated carbocycles. The van der Waals surface area contributed by atoms with Crippen LogP contribution in [0.1, 0.15) is 31.9 Å². The van der Waals surface area contributed by atoms with Crippen LogP contribution in [0.4, 0.5) is 0 Å². The smallest absolute Gasteiger partial charge is 0.328 e. The van der Waals surface area contributed by atoms with E-state index >= 15 is 0 Å². The van der Waals surface area contributed by atoms with Crippen molar-refractivity contribution in [2.45, 2.75) is 32.6 Å². The van der Waals surface area contributed by atoms with Gasteiger partial charge in [0.15, 0.2) is 5.41 Å². The fourth-order valence-electron chi connectivity index (χ4n) is 3.27. The van der Waals surface area contributed by atoms with Gasteiger partial charge in [-0.1, -0.05) is 36.4 Å². The minimum atomic E-state index is -1.44. The summed E-state index contributed by atoms with van der Waals surface area (Å²) in [6.07, 6.45) is 0.586. The predicted molar refractivity (Wildman–Crippen MR) is 83.4 cm³/mol. The molecular formula is C18H22O4. The van der Waals surface area contributed by atoms with Crippen molar-refractivity contribution in [3.8, 4) is 0 Å². The van der Waals surface area contributed by atoms with Crippen LogP contribution in [-0.2, 0) is 30.9 Å². The molecule has 1 unspecified atom stereocenters.